The lowest BCUT2D eigenvalue weighted by atomic mass is 10.2. The lowest BCUT2D eigenvalue weighted by molar-refractivity contribution is -0.0607. The highest BCUT2D eigenvalue weighted by Crippen LogP contribution is 2.52. The summed E-state index contributed by atoms with van der Waals surface area (Å²) in [5.74, 6) is -0.614. The summed E-state index contributed by atoms with van der Waals surface area (Å²) in [6.45, 7) is -2.51. The summed E-state index contributed by atoms with van der Waals surface area (Å²) in [6.07, 6.45) is -9.12. The Morgan fingerprint density at radius 1 is 0.672 bits per heavy atom. The fraction of sp³-hybridized carbons (Fsp3) is 0.517. The highest BCUT2D eigenvalue weighted by molar-refractivity contribution is 7.47. The molecule has 0 amide bonds. The monoisotopic (exact) mass is 965 g/mol. The van der Waals surface area contributed by atoms with Crippen LogP contribution in [0.3, 0.4) is 0 Å². The van der Waals surface area contributed by atoms with Gasteiger partial charge in [-0.3, -0.25) is 55.9 Å². The molecule has 0 saturated carbocycles. The number of nitrogens with two attached hydrogens (primary N) is 3. The highest BCUT2D eigenvalue weighted by atomic mass is 31.2. The highest BCUT2D eigenvalue weighted by Gasteiger charge is 2.47. The van der Waals surface area contributed by atoms with Crippen LogP contribution in [0.2, 0.25) is 0 Å². The third-order valence-electron chi connectivity index (χ3n) is 10.00. The smallest absolute Gasteiger partial charge is 0.390 e. The lowest BCUT2D eigenvalue weighted by Crippen LogP contribution is -2.31. The van der Waals surface area contributed by atoms with Gasteiger partial charge in [0.2, 0.25) is 11.9 Å². The van der Waals surface area contributed by atoms with Crippen LogP contribution >= 0.6 is 23.5 Å². The Balaban J connectivity index is 0.951. The van der Waals surface area contributed by atoms with E-state index < -0.39 is 115 Å². The minimum atomic E-state index is -5.25. The number of phosphoric ester groups is 3. The number of aromatic amines is 2. The van der Waals surface area contributed by atoms with Crippen molar-refractivity contribution in [1.29, 1.82) is 0 Å². The van der Waals surface area contributed by atoms with Crippen LogP contribution in [0.15, 0.2) is 39.3 Å². The Labute approximate surface area is 354 Å². The molecule has 8 heterocycles. The molecule has 0 radical (unpaired) electrons. The van der Waals surface area contributed by atoms with Crippen LogP contribution in [0.5, 0.6) is 0 Å². The molecule has 0 bridgehead atoms. The van der Waals surface area contributed by atoms with Crippen molar-refractivity contribution in [3.63, 3.8) is 0 Å². The molecule has 2 unspecified atom stereocenters. The van der Waals surface area contributed by atoms with Gasteiger partial charge < -0.3 is 56.1 Å². The second-order valence-electron chi connectivity index (χ2n) is 14.4. The second kappa shape index (κ2) is 17.5. The topological polar surface area (TPSA) is 466 Å². The summed E-state index contributed by atoms with van der Waals surface area (Å²) >= 11 is 0. The van der Waals surface area contributed by atoms with Gasteiger partial charge >= 0.3 is 29.2 Å². The molecule has 13 N–H and O–H groups in total. The number of aliphatic hydroxyl groups excluding tert-OH is 1. The fourth-order valence-electron chi connectivity index (χ4n) is 7.16. The first-order valence-electron chi connectivity index (χ1n) is 18.6. The van der Waals surface area contributed by atoms with Gasteiger partial charge in [0.25, 0.3) is 11.1 Å². The van der Waals surface area contributed by atoms with E-state index in [4.69, 9.17) is 49.5 Å². The molecule has 3 fully saturated rings. The zero-order chi connectivity index (χ0) is 45.9. The summed E-state index contributed by atoms with van der Waals surface area (Å²) in [4.78, 5) is 102. The number of aromatic nitrogens is 10. The van der Waals surface area contributed by atoms with Crippen LogP contribution in [0.1, 0.15) is 37.9 Å². The first-order valence-corrected chi connectivity index (χ1v) is 23.1. The molecule has 0 spiro atoms. The number of hydrogen-bond acceptors (Lipinski definition) is 23. The quantitative estimate of drug-likeness (QED) is 0.0461. The Kier molecular flexibility index (Phi) is 12.5. The van der Waals surface area contributed by atoms with Crippen molar-refractivity contribution < 1.29 is 75.2 Å². The van der Waals surface area contributed by atoms with E-state index in [0.29, 0.717) is 0 Å². The number of imidazole rings is 2. The van der Waals surface area contributed by atoms with Crippen LogP contribution in [0.4, 0.5) is 17.7 Å². The average Bonchev–Trinajstić information content (AvgIpc) is 4.03. The van der Waals surface area contributed by atoms with Crippen molar-refractivity contribution in [2.24, 2.45) is 0 Å². The Bertz CT molecular complexity index is 2880. The molecule has 5 aromatic heterocycles. The van der Waals surface area contributed by atoms with Crippen LogP contribution in [-0.4, -0.2) is 130 Å². The van der Waals surface area contributed by atoms with Gasteiger partial charge in [-0.15, -0.1) is 0 Å². The summed E-state index contributed by atoms with van der Waals surface area (Å²) in [6, 6.07) is 1.26. The molecule has 3 aliphatic heterocycles. The predicted molar refractivity (Wildman–Crippen MR) is 209 cm³/mol. The summed E-state index contributed by atoms with van der Waals surface area (Å²) in [5, 5.41) is 10.7. The first-order chi connectivity index (χ1) is 30.1. The van der Waals surface area contributed by atoms with Gasteiger partial charge in [0.05, 0.1) is 38.6 Å². The summed E-state index contributed by atoms with van der Waals surface area (Å²) in [7, 11) is -15.5. The molecular weight excluding hydrogens is 927 g/mol. The number of fused-ring (bicyclic) bond motifs is 2. The number of H-pyrrole nitrogens is 2. The third-order valence-corrected chi connectivity index (χ3v) is 12.5. The molecule has 8 rings (SSSR count). The molecule has 0 aromatic carbocycles. The number of anilines is 3. The minimum absolute atomic E-state index is 0.0496. The molecule has 3 saturated heterocycles. The molecule has 0 aliphatic carbocycles. The Hall–Kier alpha value is -4.85. The van der Waals surface area contributed by atoms with Crippen LogP contribution < -0.4 is 34.0 Å². The molecule has 35 heteroatoms. The molecule has 11 atom stereocenters. The summed E-state index contributed by atoms with van der Waals surface area (Å²) in [5.41, 5.74) is 14.5. The molecular formula is C29H38N13O19P3. The van der Waals surface area contributed by atoms with E-state index in [9.17, 15) is 52.8 Å². The van der Waals surface area contributed by atoms with E-state index in [1.54, 1.807) is 0 Å². The van der Waals surface area contributed by atoms with Gasteiger partial charge in [0, 0.05) is 25.5 Å². The number of ether oxygens (including phenoxy) is 3. The zero-order valence-corrected chi connectivity index (χ0v) is 35.0. The maximum atomic E-state index is 13.5. The third kappa shape index (κ3) is 10.0. The molecule has 5 aromatic rings. The van der Waals surface area contributed by atoms with Crippen molar-refractivity contribution >= 4 is 63.5 Å². The lowest BCUT2D eigenvalue weighted by Gasteiger charge is -2.24. The van der Waals surface area contributed by atoms with E-state index >= 15 is 0 Å². The van der Waals surface area contributed by atoms with E-state index in [1.165, 1.54) is 27.7 Å². The average molecular weight is 966 g/mol. The standard InChI is InChI=1S/C29H38N13O19P3/c30-17-1-2-40(29(46)35-17)19-4-12(60-63(50,51)55-6-14-11(43)3-18(57-14)41-9-33-21-23(41)36-27(31)38-25(21)44)16(58-19)8-56-64(52,53)61-13-5-20(59-15(13)7-54-62(47,48)49)42-10-34-22-24(42)37-28(32)39-26(22)45/h1-2,9-16,18-20,43H,3-8H2,(H,50,51)(H,52,53)(H2,30,35,46)(H2,47,48,49)(H3,31,36,38,44)(H3,32,37,39,45)/t11-,12-,13-,14+,15+,16+,18+,19+,20+/m0/s1. The molecule has 3 aliphatic rings. The van der Waals surface area contributed by atoms with Gasteiger partial charge in [-0.05, 0) is 6.07 Å². The number of nitrogens with one attached hydrogen (secondary N) is 2. The van der Waals surface area contributed by atoms with E-state index in [0.717, 1.165) is 10.9 Å². The molecule has 348 valence electrons. The van der Waals surface area contributed by atoms with Gasteiger partial charge in [0.1, 0.15) is 55.0 Å². The van der Waals surface area contributed by atoms with Crippen molar-refractivity contribution in [3.8, 4) is 0 Å². The molecule has 32 nitrogen and oxygen atoms in total. The number of nitrogen functional groups attached to an aromatic ring is 3. The van der Waals surface area contributed by atoms with Gasteiger partial charge in [-0.1, -0.05) is 0 Å². The van der Waals surface area contributed by atoms with Gasteiger partial charge in [-0.2, -0.15) is 15.0 Å². The number of rotatable bonds is 16. The Morgan fingerprint density at radius 2 is 1.12 bits per heavy atom. The number of phosphoric acid groups is 3. The van der Waals surface area contributed by atoms with E-state index in [-0.39, 0.29) is 59.3 Å². The summed E-state index contributed by atoms with van der Waals surface area (Å²) < 4.78 is 85.3. The Morgan fingerprint density at radius 3 is 1.62 bits per heavy atom. The van der Waals surface area contributed by atoms with Crippen molar-refractivity contribution in [3.05, 3.63) is 56.1 Å². The van der Waals surface area contributed by atoms with Crippen molar-refractivity contribution in [2.75, 3.05) is 37.0 Å². The number of nitrogens with zero attached hydrogens (tertiary/aromatic N) is 8. The van der Waals surface area contributed by atoms with Crippen molar-refractivity contribution in [2.45, 2.75) is 74.6 Å². The van der Waals surface area contributed by atoms with Crippen LogP contribution in [0, 0.1) is 0 Å². The largest absolute Gasteiger partial charge is 0.472 e. The van der Waals surface area contributed by atoms with Gasteiger partial charge in [-0.25, -0.2) is 28.5 Å². The maximum Gasteiger partial charge on any atom is 0.472 e. The number of aliphatic hydroxyl groups is 1. The van der Waals surface area contributed by atoms with Crippen molar-refractivity contribution in [1.82, 2.24) is 48.6 Å². The first kappa shape index (κ1) is 45.7. The van der Waals surface area contributed by atoms with Crippen LogP contribution in [-0.2, 0) is 50.5 Å². The molecule has 64 heavy (non-hydrogen) atoms. The SMILES string of the molecule is Nc1ccn([C@H]2C[C@H](OP(=O)(O)OC[C@H]3O[C@@H](n4cnc5c(=O)[nH]c(N)nc54)C[C@@H]3O)[C@@H](COP(=O)(O)O[C@H]3C[C@H](n4cnc5c(=O)[nH]c(N)nc54)O[C@@H]3COP(=O)(O)O)O2)c(=O)n1. The fourth-order valence-corrected chi connectivity index (χ4v) is 9.42. The normalized spacial score (nSPS) is 28.2. The van der Waals surface area contributed by atoms with Gasteiger partial charge in [0.15, 0.2) is 22.3 Å². The maximum absolute atomic E-state index is 13.5. The predicted octanol–water partition coefficient (Wildman–Crippen LogP) is -2.41. The van der Waals surface area contributed by atoms with E-state index in [1.807, 2.05) is 0 Å². The zero-order valence-electron chi connectivity index (χ0n) is 32.4. The minimum Gasteiger partial charge on any atom is -0.390 e. The van der Waals surface area contributed by atoms with Crippen LogP contribution in [0.25, 0.3) is 22.3 Å². The van der Waals surface area contributed by atoms with E-state index in [2.05, 4.69) is 39.4 Å². The second-order valence-corrected chi connectivity index (χ2v) is 18.4. The number of hydrogen-bond donors (Lipinski definition) is 10.